The molecule has 3 N–H and O–H groups in total. The van der Waals surface area contributed by atoms with Gasteiger partial charge in [0.05, 0.1) is 26.3 Å². The Labute approximate surface area is 186 Å². The second kappa shape index (κ2) is 8.67. The molecule has 1 aliphatic rings. The fourth-order valence-corrected chi connectivity index (χ4v) is 3.96. The van der Waals surface area contributed by atoms with E-state index in [4.69, 9.17) is 9.15 Å². The molecule has 1 aliphatic carbocycles. The lowest BCUT2D eigenvalue weighted by Gasteiger charge is -2.09. The summed E-state index contributed by atoms with van der Waals surface area (Å²) in [6.45, 7) is 4.36. The number of fused-ring (bicyclic) bond motifs is 1. The summed E-state index contributed by atoms with van der Waals surface area (Å²) in [5, 5.41) is 22.9. The molecule has 1 amide bonds. The minimum Gasteiger partial charge on any atom is -0.504 e. The molecular weight excluding hydrogens is 406 g/mol. The SMILES string of the molecule is COc1cc(/C=C2/C(C)=C(CC(=O)NCc3ccco3)c3cc(C)ccc32)cc(O)c1O. The molecule has 0 fully saturated rings. The first-order chi connectivity index (χ1) is 15.4. The number of methoxy groups -OCH3 is 1. The minimum absolute atomic E-state index is 0.0894. The predicted octanol–water partition coefficient (Wildman–Crippen LogP) is 5.04. The number of hydrogen-bond donors (Lipinski definition) is 3. The maximum atomic E-state index is 12.7. The lowest BCUT2D eigenvalue weighted by molar-refractivity contribution is -0.120. The van der Waals surface area contributed by atoms with Crippen LogP contribution in [-0.2, 0) is 11.3 Å². The number of rotatable bonds is 6. The van der Waals surface area contributed by atoms with Gasteiger partial charge in [-0.05, 0) is 77.6 Å². The Morgan fingerprint density at radius 3 is 2.66 bits per heavy atom. The third kappa shape index (κ3) is 4.12. The minimum atomic E-state index is -0.293. The van der Waals surface area contributed by atoms with Gasteiger partial charge in [-0.3, -0.25) is 4.79 Å². The average Bonchev–Trinajstić information content (AvgIpc) is 3.37. The number of carbonyl (C=O) groups is 1. The van der Waals surface area contributed by atoms with Crippen molar-refractivity contribution in [3.05, 3.63) is 82.3 Å². The van der Waals surface area contributed by atoms with Gasteiger partial charge in [-0.2, -0.15) is 0 Å². The first kappa shape index (κ1) is 21.3. The van der Waals surface area contributed by atoms with E-state index in [9.17, 15) is 15.0 Å². The number of phenolic OH excluding ortho intramolecular Hbond substituents is 2. The summed E-state index contributed by atoms with van der Waals surface area (Å²) in [7, 11) is 1.43. The fourth-order valence-electron chi connectivity index (χ4n) is 3.96. The molecule has 0 aliphatic heterocycles. The topological polar surface area (TPSA) is 91.9 Å². The van der Waals surface area contributed by atoms with Crippen molar-refractivity contribution in [3.8, 4) is 17.2 Å². The Hall–Kier alpha value is -3.93. The van der Waals surface area contributed by atoms with Crippen LogP contribution in [0.25, 0.3) is 17.2 Å². The molecule has 1 aromatic heterocycles. The Morgan fingerprint density at radius 2 is 1.94 bits per heavy atom. The molecule has 2 aromatic carbocycles. The van der Waals surface area contributed by atoms with E-state index in [0.717, 1.165) is 33.4 Å². The normalized spacial score (nSPS) is 14.0. The van der Waals surface area contributed by atoms with Gasteiger partial charge in [0.1, 0.15) is 5.76 Å². The second-order valence-corrected chi connectivity index (χ2v) is 7.83. The van der Waals surface area contributed by atoms with Gasteiger partial charge in [-0.15, -0.1) is 0 Å². The zero-order valence-corrected chi connectivity index (χ0v) is 18.2. The highest BCUT2D eigenvalue weighted by molar-refractivity contribution is 6.08. The van der Waals surface area contributed by atoms with Crippen LogP contribution in [0.3, 0.4) is 0 Å². The van der Waals surface area contributed by atoms with Crippen LogP contribution in [-0.4, -0.2) is 23.2 Å². The number of carbonyl (C=O) groups excluding carboxylic acids is 1. The molecule has 0 atom stereocenters. The molecule has 0 bridgehead atoms. The van der Waals surface area contributed by atoms with E-state index in [1.807, 2.05) is 38.1 Å². The second-order valence-electron chi connectivity index (χ2n) is 7.83. The fraction of sp³-hybridized carbons (Fsp3) is 0.192. The van der Waals surface area contributed by atoms with Gasteiger partial charge in [0.25, 0.3) is 0 Å². The van der Waals surface area contributed by atoms with Crippen molar-refractivity contribution < 1.29 is 24.2 Å². The third-order valence-electron chi connectivity index (χ3n) is 5.63. The van der Waals surface area contributed by atoms with Crippen molar-refractivity contribution in [2.75, 3.05) is 7.11 Å². The summed E-state index contributed by atoms with van der Waals surface area (Å²) in [5.74, 6) is 0.260. The number of aromatic hydroxyl groups is 2. The Kier molecular flexibility index (Phi) is 5.77. The zero-order valence-electron chi connectivity index (χ0n) is 18.2. The first-order valence-corrected chi connectivity index (χ1v) is 10.3. The molecule has 6 nitrogen and oxygen atoms in total. The van der Waals surface area contributed by atoms with Crippen molar-refractivity contribution in [2.45, 2.75) is 26.8 Å². The summed E-state index contributed by atoms with van der Waals surface area (Å²) in [4.78, 5) is 12.7. The largest absolute Gasteiger partial charge is 0.504 e. The van der Waals surface area contributed by atoms with Crippen LogP contribution in [0.15, 0.2) is 58.7 Å². The molecule has 6 heteroatoms. The monoisotopic (exact) mass is 431 g/mol. The number of amides is 1. The van der Waals surface area contributed by atoms with Crippen molar-refractivity contribution in [2.24, 2.45) is 0 Å². The maximum absolute atomic E-state index is 12.7. The van der Waals surface area contributed by atoms with E-state index < -0.39 is 0 Å². The van der Waals surface area contributed by atoms with Crippen LogP contribution in [0, 0.1) is 6.92 Å². The highest BCUT2D eigenvalue weighted by Crippen LogP contribution is 2.45. The summed E-state index contributed by atoms with van der Waals surface area (Å²) in [6.07, 6.45) is 3.75. The predicted molar refractivity (Wildman–Crippen MR) is 123 cm³/mol. The number of hydrogen-bond acceptors (Lipinski definition) is 5. The first-order valence-electron chi connectivity index (χ1n) is 10.3. The number of aryl methyl sites for hydroxylation is 1. The smallest absolute Gasteiger partial charge is 0.224 e. The quantitative estimate of drug-likeness (QED) is 0.476. The highest BCUT2D eigenvalue weighted by Gasteiger charge is 2.25. The van der Waals surface area contributed by atoms with Crippen molar-refractivity contribution in [3.63, 3.8) is 0 Å². The van der Waals surface area contributed by atoms with Gasteiger partial charge in [-0.25, -0.2) is 0 Å². The van der Waals surface area contributed by atoms with Crippen LogP contribution in [0.4, 0.5) is 0 Å². The number of allylic oxidation sites excluding steroid dienone is 2. The van der Waals surface area contributed by atoms with Gasteiger partial charge in [0, 0.05) is 0 Å². The molecule has 0 radical (unpaired) electrons. The number of furan rings is 1. The molecule has 164 valence electrons. The van der Waals surface area contributed by atoms with E-state index in [-0.39, 0.29) is 29.6 Å². The lowest BCUT2D eigenvalue weighted by Crippen LogP contribution is -2.22. The van der Waals surface area contributed by atoms with Crippen LogP contribution in [0.5, 0.6) is 17.2 Å². The van der Waals surface area contributed by atoms with E-state index >= 15 is 0 Å². The van der Waals surface area contributed by atoms with E-state index in [1.54, 1.807) is 18.4 Å². The standard InChI is InChI=1S/C26H25NO5/c1-15-6-7-19-20(10-17-11-23(28)26(30)24(12-17)31-3)16(2)21(22(19)9-15)13-25(29)27-14-18-5-4-8-32-18/h4-12,28,30H,13-14H2,1-3H3,(H,27,29)/b20-10-. The van der Waals surface area contributed by atoms with Gasteiger partial charge in [-0.1, -0.05) is 23.8 Å². The summed E-state index contributed by atoms with van der Waals surface area (Å²) >= 11 is 0. The number of ether oxygens (including phenoxy) is 1. The maximum Gasteiger partial charge on any atom is 0.224 e. The molecule has 0 saturated carbocycles. The van der Waals surface area contributed by atoms with Crippen LogP contribution < -0.4 is 10.1 Å². The van der Waals surface area contributed by atoms with E-state index in [0.29, 0.717) is 17.9 Å². The number of benzene rings is 2. The molecule has 0 saturated heterocycles. The molecule has 32 heavy (non-hydrogen) atoms. The van der Waals surface area contributed by atoms with Gasteiger partial charge >= 0.3 is 0 Å². The average molecular weight is 431 g/mol. The van der Waals surface area contributed by atoms with Crippen molar-refractivity contribution in [1.29, 1.82) is 0 Å². The third-order valence-corrected chi connectivity index (χ3v) is 5.63. The molecule has 0 unspecified atom stereocenters. The van der Waals surface area contributed by atoms with E-state index in [2.05, 4.69) is 11.4 Å². The van der Waals surface area contributed by atoms with Gasteiger partial charge in [0.15, 0.2) is 11.5 Å². The molecule has 3 aromatic rings. The Morgan fingerprint density at radius 1 is 1.12 bits per heavy atom. The summed E-state index contributed by atoms with van der Waals surface area (Å²) in [6, 6.07) is 12.9. The van der Waals surface area contributed by atoms with Gasteiger partial charge in [0.2, 0.25) is 11.7 Å². The van der Waals surface area contributed by atoms with Crippen LogP contribution >= 0.6 is 0 Å². The summed E-state index contributed by atoms with van der Waals surface area (Å²) < 4.78 is 10.4. The van der Waals surface area contributed by atoms with Gasteiger partial charge < -0.3 is 24.7 Å². The summed E-state index contributed by atoms with van der Waals surface area (Å²) in [5.41, 5.74) is 6.75. The Balaban J connectivity index is 1.69. The molecular formula is C26H25NO5. The zero-order chi connectivity index (χ0) is 22.8. The molecule has 1 heterocycles. The van der Waals surface area contributed by atoms with Crippen LogP contribution in [0.1, 0.15) is 41.4 Å². The molecule has 4 rings (SSSR count). The Bertz CT molecular complexity index is 1240. The number of nitrogens with one attached hydrogen (secondary N) is 1. The van der Waals surface area contributed by atoms with Crippen molar-refractivity contribution >= 4 is 23.1 Å². The number of phenols is 2. The highest BCUT2D eigenvalue weighted by atomic mass is 16.5. The van der Waals surface area contributed by atoms with E-state index in [1.165, 1.54) is 13.2 Å². The van der Waals surface area contributed by atoms with Crippen molar-refractivity contribution in [1.82, 2.24) is 5.32 Å². The lowest BCUT2D eigenvalue weighted by atomic mass is 9.98. The van der Waals surface area contributed by atoms with Crippen LogP contribution in [0.2, 0.25) is 0 Å². The molecule has 0 spiro atoms.